The number of thiocarbonyl (C=S) groups is 1. The van der Waals surface area contributed by atoms with Crippen molar-refractivity contribution in [2.24, 2.45) is 5.92 Å². The molecule has 2 aliphatic heterocycles. The average Bonchev–Trinajstić information content (AvgIpc) is 3.17. The van der Waals surface area contributed by atoms with Gasteiger partial charge in [0.1, 0.15) is 18.5 Å². The fourth-order valence-corrected chi connectivity index (χ4v) is 3.99. The van der Waals surface area contributed by atoms with E-state index in [4.69, 9.17) is 21.7 Å². The highest BCUT2D eigenvalue weighted by atomic mass is 32.1. The molecule has 0 saturated carbocycles. The Bertz CT molecular complexity index is 847. The Morgan fingerprint density at radius 3 is 2.69 bits per heavy atom. The van der Waals surface area contributed by atoms with Crippen molar-refractivity contribution in [1.29, 1.82) is 0 Å². The van der Waals surface area contributed by atoms with Gasteiger partial charge in [-0.05, 0) is 24.6 Å². The van der Waals surface area contributed by atoms with E-state index in [-0.39, 0.29) is 24.5 Å². The maximum absolute atomic E-state index is 14.9. The van der Waals surface area contributed by atoms with E-state index in [0.717, 1.165) is 11.4 Å². The van der Waals surface area contributed by atoms with Gasteiger partial charge >= 0.3 is 6.09 Å². The van der Waals surface area contributed by atoms with Crippen molar-refractivity contribution in [3.63, 3.8) is 0 Å². The topological polar surface area (TPSA) is 74.4 Å². The van der Waals surface area contributed by atoms with E-state index in [2.05, 4.69) is 12.2 Å². The molecule has 176 valence electrons. The van der Waals surface area contributed by atoms with Crippen LogP contribution in [0, 0.1) is 11.7 Å². The van der Waals surface area contributed by atoms with Gasteiger partial charge in [-0.3, -0.25) is 9.69 Å². The highest BCUT2D eigenvalue weighted by Crippen LogP contribution is 2.28. The Morgan fingerprint density at radius 1 is 1.34 bits per heavy atom. The predicted molar refractivity (Wildman–Crippen MR) is 125 cm³/mol. The zero-order valence-electron chi connectivity index (χ0n) is 18.8. The third-order valence-corrected chi connectivity index (χ3v) is 6.47. The number of nitrogens with one attached hydrogen (secondary N) is 1. The smallest absolute Gasteiger partial charge is 0.414 e. The highest BCUT2D eigenvalue weighted by molar-refractivity contribution is 7.80. The molecular weight excluding hydrogens is 435 g/mol. The molecule has 2 aliphatic rings. The maximum atomic E-state index is 14.9. The molecule has 8 nitrogen and oxygen atoms in total. The molecule has 1 aromatic carbocycles. The summed E-state index contributed by atoms with van der Waals surface area (Å²) in [7, 11) is 1.49. The number of carbonyl (C=O) groups is 2. The molecule has 3 rings (SSSR count). The summed E-state index contributed by atoms with van der Waals surface area (Å²) < 4.78 is 25.2. The summed E-state index contributed by atoms with van der Waals surface area (Å²) in [6, 6.07) is 4.76. The van der Waals surface area contributed by atoms with Crippen LogP contribution in [0.3, 0.4) is 0 Å². The minimum absolute atomic E-state index is 0.0505. The van der Waals surface area contributed by atoms with Crippen LogP contribution in [0.4, 0.5) is 20.6 Å². The highest BCUT2D eigenvalue weighted by Gasteiger charge is 2.33. The molecule has 1 unspecified atom stereocenters. The van der Waals surface area contributed by atoms with E-state index in [1.165, 1.54) is 18.1 Å². The number of halogens is 1. The average molecular weight is 467 g/mol. The summed E-state index contributed by atoms with van der Waals surface area (Å²) in [6.07, 6.45) is 0.0839. The molecule has 1 aromatic rings. The number of hydrogen-bond donors (Lipinski definition) is 1. The summed E-state index contributed by atoms with van der Waals surface area (Å²) in [5.74, 6) is -0.212. The minimum atomic E-state index is -0.497. The molecule has 2 atom stereocenters. The fraction of sp³-hybridized carbons (Fsp3) is 0.591. The van der Waals surface area contributed by atoms with E-state index >= 15 is 0 Å². The van der Waals surface area contributed by atoms with Gasteiger partial charge in [0.05, 0.1) is 29.5 Å². The number of rotatable bonds is 8. The lowest BCUT2D eigenvalue weighted by Crippen LogP contribution is -2.50. The van der Waals surface area contributed by atoms with Crippen molar-refractivity contribution in [2.45, 2.75) is 26.4 Å². The van der Waals surface area contributed by atoms with E-state index in [0.29, 0.717) is 50.6 Å². The Balaban J connectivity index is 1.58. The SMILES string of the molecule is CCC(C)C(=S)NC[C@H]1CN(c2ccc(N3CCN(C(=O)COC)CC3)c(F)c2)C(=O)O1. The van der Waals surface area contributed by atoms with Crippen LogP contribution in [0.2, 0.25) is 0 Å². The second-order valence-electron chi connectivity index (χ2n) is 8.11. The van der Waals surface area contributed by atoms with Crippen molar-refractivity contribution in [3.8, 4) is 0 Å². The van der Waals surface area contributed by atoms with Crippen LogP contribution >= 0.6 is 12.2 Å². The first-order valence-electron chi connectivity index (χ1n) is 10.9. The number of nitrogens with zero attached hydrogens (tertiary/aromatic N) is 3. The fourth-order valence-electron chi connectivity index (χ4n) is 3.74. The van der Waals surface area contributed by atoms with Gasteiger partial charge in [-0.1, -0.05) is 26.1 Å². The molecule has 0 spiro atoms. The van der Waals surface area contributed by atoms with Crippen LogP contribution in [0.1, 0.15) is 20.3 Å². The Hall–Kier alpha value is -2.46. The van der Waals surface area contributed by atoms with E-state index in [9.17, 15) is 14.0 Å². The van der Waals surface area contributed by atoms with Crippen LogP contribution in [0.25, 0.3) is 0 Å². The van der Waals surface area contributed by atoms with Crippen molar-refractivity contribution in [2.75, 3.05) is 62.8 Å². The second kappa shape index (κ2) is 10.9. The number of cyclic esters (lactones) is 1. The van der Waals surface area contributed by atoms with Gasteiger partial charge in [-0.2, -0.15) is 0 Å². The summed E-state index contributed by atoms with van der Waals surface area (Å²) in [5, 5.41) is 3.16. The molecule has 2 heterocycles. The van der Waals surface area contributed by atoms with E-state index < -0.39 is 11.9 Å². The standard InChI is InChI=1S/C22H31FN4O4S/c1-4-15(2)21(32)24-12-17-13-27(22(29)31-17)16-5-6-19(18(23)11-16)25-7-9-26(10-8-25)20(28)14-30-3/h5-6,11,15,17H,4,7-10,12-14H2,1-3H3,(H,24,32)/t15?,17-/m0/s1. The summed E-state index contributed by atoms with van der Waals surface area (Å²) in [6.45, 7) is 6.99. The summed E-state index contributed by atoms with van der Waals surface area (Å²) >= 11 is 5.34. The molecule has 0 bridgehead atoms. The van der Waals surface area contributed by atoms with Crippen molar-refractivity contribution in [1.82, 2.24) is 10.2 Å². The van der Waals surface area contributed by atoms with Gasteiger partial charge in [0, 0.05) is 39.2 Å². The van der Waals surface area contributed by atoms with Crippen LogP contribution in [0.15, 0.2) is 18.2 Å². The molecule has 32 heavy (non-hydrogen) atoms. The first-order valence-corrected chi connectivity index (χ1v) is 11.3. The number of ether oxygens (including phenoxy) is 2. The second-order valence-corrected chi connectivity index (χ2v) is 8.55. The quantitative estimate of drug-likeness (QED) is 0.590. The lowest BCUT2D eigenvalue weighted by atomic mass is 10.1. The number of hydrogen-bond acceptors (Lipinski definition) is 6. The normalized spacial score (nSPS) is 19.7. The van der Waals surface area contributed by atoms with Crippen LogP contribution in [0.5, 0.6) is 0 Å². The van der Waals surface area contributed by atoms with Crippen LogP contribution < -0.4 is 15.1 Å². The number of amides is 2. The first kappa shape index (κ1) is 24.2. The lowest BCUT2D eigenvalue weighted by Gasteiger charge is -2.36. The van der Waals surface area contributed by atoms with Gasteiger partial charge in [0.25, 0.3) is 0 Å². The van der Waals surface area contributed by atoms with Crippen LogP contribution in [-0.4, -0.2) is 81.0 Å². The molecule has 2 fully saturated rings. The monoisotopic (exact) mass is 466 g/mol. The zero-order chi connectivity index (χ0) is 23.3. The number of methoxy groups -OCH3 is 1. The van der Waals surface area contributed by atoms with Crippen molar-refractivity contribution in [3.05, 3.63) is 24.0 Å². The maximum Gasteiger partial charge on any atom is 0.414 e. The van der Waals surface area contributed by atoms with E-state index in [1.807, 2.05) is 11.8 Å². The number of carbonyl (C=O) groups excluding carboxylic acids is 2. The summed E-state index contributed by atoms with van der Waals surface area (Å²) in [5.41, 5.74) is 0.912. The predicted octanol–water partition coefficient (Wildman–Crippen LogP) is 2.41. The third kappa shape index (κ3) is 5.66. The number of anilines is 2. The van der Waals surface area contributed by atoms with Gasteiger partial charge in [-0.25, -0.2) is 9.18 Å². The molecule has 0 aromatic heterocycles. The Labute approximate surface area is 193 Å². The van der Waals surface area contributed by atoms with Gasteiger partial charge < -0.3 is 24.6 Å². The molecule has 0 radical (unpaired) electrons. The first-order chi connectivity index (χ1) is 15.3. The third-order valence-electron chi connectivity index (χ3n) is 5.92. The number of piperazine rings is 1. The van der Waals surface area contributed by atoms with Crippen molar-refractivity contribution < 1.29 is 23.5 Å². The lowest BCUT2D eigenvalue weighted by molar-refractivity contribution is -0.135. The molecule has 0 aliphatic carbocycles. The molecule has 2 saturated heterocycles. The molecular formula is C22H31FN4O4S. The molecule has 10 heteroatoms. The van der Waals surface area contributed by atoms with Crippen molar-refractivity contribution >= 4 is 40.6 Å². The molecule has 1 N–H and O–H groups in total. The van der Waals surface area contributed by atoms with E-state index in [1.54, 1.807) is 17.0 Å². The van der Waals surface area contributed by atoms with Gasteiger partial charge in [0.2, 0.25) is 5.91 Å². The van der Waals surface area contributed by atoms with Gasteiger partial charge in [0.15, 0.2) is 0 Å². The van der Waals surface area contributed by atoms with Crippen LogP contribution in [-0.2, 0) is 14.3 Å². The molecule has 2 amide bonds. The Morgan fingerprint density at radius 2 is 2.06 bits per heavy atom. The zero-order valence-corrected chi connectivity index (χ0v) is 19.6. The van der Waals surface area contributed by atoms with Gasteiger partial charge in [-0.15, -0.1) is 0 Å². The largest absolute Gasteiger partial charge is 0.442 e. The summed E-state index contributed by atoms with van der Waals surface area (Å²) in [4.78, 5) is 30.1. The number of benzene rings is 1. The minimum Gasteiger partial charge on any atom is -0.442 e. The Kier molecular flexibility index (Phi) is 8.25.